The van der Waals surface area contributed by atoms with Crippen LogP contribution in [0.2, 0.25) is 0 Å². The van der Waals surface area contributed by atoms with Gasteiger partial charge in [-0.1, -0.05) is 25.1 Å². The van der Waals surface area contributed by atoms with Crippen molar-refractivity contribution >= 4 is 22.9 Å². The zero-order valence-electron chi connectivity index (χ0n) is 12.4. The number of aromatic nitrogens is 1. The van der Waals surface area contributed by atoms with Gasteiger partial charge < -0.3 is 0 Å². The highest BCUT2D eigenvalue weighted by Gasteiger charge is 2.28. The van der Waals surface area contributed by atoms with E-state index in [9.17, 15) is 0 Å². The fourth-order valence-corrected chi connectivity index (χ4v) is 3.70. The second-order valence-electron chi connectivity index (χ2n) is 5.68. The number of nitrogens with zero attached hydrogens (tertiary/aromatic N) is 2. The number of halogens is 1. The summed E-state index contributed by atoms with van der Waals surface area (Å²) in [5.74, 6) is 0.488. The Bertz CT molecular complexity index is 592. The van der Waals surface area contributed by atoms with E-state index < -0.39 is 0 Å². The van der Waals surface area contributed by atoms with Gasteiger partial charge >= 0.3 is 0 Å². The van der Waals surface area contributed by atoms with E-state index in [2.05, 4.69) is 41.1 Å². The monoisotopic (exact) mass is 320 g/mol. The lowest BCUT2D eigenvalue weighted by Gasteiger charge is -2.21. The maximum atomic E-state index is 5.84. The molecule has 1 fully saturated rings. The summed E-state index contributed by atoms with van der Waals surface area (Å²) >= 11 is 7.52. The Kier molecular flexibility index (Phi) is 4.94. The molecule has 0 unspecified atom stereocenters. The van der Waals surface area contributed by atoms with Crippen LogP contribution in [-0.2, 0) is 12.4 Å². The normalized spacial score (nSPS) is 14.8. The lowest BCUT2D eigenvalue weighted by Crippen LogP contribution is -2.26. The molecule has 1 aliphatic carbocycles. The topological polar surface area (TPSA) is 16.1 Å². The van der Waals surface area contributed by atoms with Crippen LogP contribution < -0.4 is 0 Å². The van der Waals surface area contributed by atoms with Crippen LogP contribution in [0.4, 0.5) is 0 Å². The largest absolute Gasteiger partial charge is 0.296 e. The van der Waals surface area contributed by atoms with Crippen molar-refractivity contribution in [1.29, 1.82) is 0 Å². The summed E-state index contributed by atoms with van der Waals surface area (Å²) in [6.45, 7) is 4.51. The maximum Gasteiger partial charge on any atom is 0.123 e. The van der Waals surface area contributed by atoms with E-state index in [1.54, 1.807) is 11.3 Å². The molecule has 0 N–H and O–H groups in total. The minimum atomic E-state index is 0.488. The molecule has 0 spiro atoms. The average molecular weight is 321 g/mol. The summed E-state index contributed by atoms with van der Waals surface area (Å²) in [5.41, 5.74) is 3.56. The standard InChI is InChI=1S/C17H21ClN2S/c1-2-8-20(16-6-7-16)11-13-4-3-5-14(9-13)17-19-15(10-18)12-21-17/h3-5,9,12,16H,2,6-8,10-11H2,1H3. The van der Waals surface area contributed by atoms with Crippen molar-refractivity contribution in [3.63, 3.8) is 0 Å². The Morgan fingerprint density at radius 3 is 2.90 bits per heavy atom. The third-order valence-electron chi connectivity index (χ3n) is 3.82. The molecule has 0 aliphatic heterocycles. The first kappa shape index (κ1) is 15.0. The molecule has 1 aromatic carbocycles. The number of hydrogen-bond acceptors (Lipinski definition) is 3. The summed E-state index contributed by atoms with van der Waals surface area (Å²) in [6.07, 6.45) is 3.96. The molecule has 3 rings (SSSR count). The van der Waals surface area contributed by atoms with Crippen LogP contribution in [0.1, 0.15) is 37.4 Å². The summed E-state index contributed by atoms with van der Waals surface area (Å²) in [5, 5.41) is 3.11. The van der Waals surface area contributed by atoms with E-state index in [0.29, 0.717) is 5.88 Å². The smallest absolute Gasteiger partial charge is 0.123 e. The highest BCUT2D eigenvalue weighted by atomic mass is 35.5. The fourth-order valence-electron chi connectivity index (χ4n) is 2.66. The van der Waals surface area contributed by atoms with Gasteiger partial charge in [0.1, 0.15) is 5.01 Å². The molecule has 1 saturated carbocycles. The predicted octanol–water partition coefficient (Wildman–Crippen LogP) is 4.92. The van der Waals surface area contributed by atoms with Crippen molar-refractivity contribution in [2.45, 2.75) is 44.7 Å². The van der Waals surface area contributed by atoms with Gasteiger partial charge in [-0.25, -0.2) is 4.98 Å². The molecule has 1 aliphatic rings. The van der Waals surface area contributed by atoms with E-state index in [1.807, 2.05) is 5.38 Å². The van der Waals surface area contributed by atoms with Crippen LogP contribution in [0.5, 0.6) is 0 Å². The van der Waals surface area contributed by atoms with Crippen LogP contribution in [0.25, 0.3) is 10.6 Å². The second kappa shape index (κ2) is 6.91. The molecule has 2 aromatic rings. The maximum absolute atomic E-state index is 5.84. The summed E-state index contributed by atoms with van der Waals surface area (Å²) in [6, 6.07) is 9.61. The number of benzene rings is 1. The molecule has 112 valence electrons. The molecule has 0 radical (unpaired) electrons. The summed E-state index contributed by atoms with van der Waals surface area (Å²) in [7, 11) is 0. The summed E-state index contributed by atoms with van der Waals surface area (Å²) in [4.78, 5) is 7.19. The van der Waals surface area contributed by atoms with Crippen molar-refractivity contribution in [3.05, 3.63) is 40.9 Å². The van der Waals surface area contributed by atoms with E-state index in [1.165, 1.54) is 36.9 Å². The summed E-state index contributed by atoms with van der Waals surface area (Å²) < 4.78 is 0. The fraction of sp³-hybridized carbons (Fsp3) is 0.471. The highest BCUT2D eigenvalue weighted by Crippen LogP contribution is 2.30. The van der Waals surface area contributed by atoms with Gasteiger partial charge in [0, 0.05) is 23.5 Å². The molecule has 1 heterocycles. The van der Waals surface area contributed by atoms with Gasteiger partial charge in [0.25, 0.3) is 0 Å². The SMILES string of the molecule is CCCN(Cc1cccc(-c2nc(CCl)cs2)c1)C1CC1. The first-order valence-electron chi connectivity index (χ1n) is 7.64. The molecule has 2 nitrogen and oxygen atoms in total. The van der Waals surface area contributed by atoms with Gasteiger partial charge in [0.05, 0.1) is 11.6 Å². The van der Waals surface area contributed by atoms with Crippen LogP contribution in [0, 0.1) is 0 Å². The molecular formula is C17H21ClN2S. The molecule has 0 bridgehead atoms. The lowest BCUT2D eigenvalue weighted by atomic mass is 10.1. The minimum Gasteiger partial charge on any atom is -0.296 e. The van der Waals surface area contributed by atoms with Crippen LogP contribution in [0.15, 0.2) is 29.6 Å². The first-order chi connectivity index (χ1) is 10.3. The molecular weight excluding hydrogens is 300 g/mol. The Hall–Kier alpha value is -0.900. The minimum absolute atomic E-state index is 0.488. The third-order valence-corrected chi connectivity index (χ3v) is 5.04. The number of hydrogen-bond donors (Lipinski definition) is 0. The van der Waals surface area contributed by atoms with E-state index in [0.717, 1.165) is 23.3 Å². The van der Waals surface area contributed by atoms with Crippen LogP contribution >= 0.6 is 22.9 Å². The Morgan fingerprint density at radius 1 is 1.38 bits per heavy atom. The number of alkyl halides is 1. The molecule has 4 heteroatoms. The van der Waals surface area contributed by atoms with Crippen molar-refractivity contribution in [2.75, 3.05) is 6.54 Å². The second-order valence-corrected chi connectivity index (χ2v) is 6.81. The van der Waals surface area contributed by atoms with Crippen LogP contribution in [-0.4, -0.2) is 22.5 Å². The van der Waals surface area contributed by atoms with Gasteiger partial charge in [-0.3, -0.25) is 4.90 Å². The Morgan fingerprint density at radius 2 is 2.24 bits per heavy atom. The zero-order valence-corrected chi connectivity index (χ0v) is 14.0. The Balaban J connectivity index is 1.75. The van der Waals surface area contributed by atoms with Gasteiger partial charge in [-0.2, -0.15) is 0 Å². The van der Waals surface area contributed by atoms with Crippen molar-refractivity contribution in [3.8, 4) is 10.6 Å². The quantitative estimate of drug-likeness (QED) is 0.673. The van der Waals surface area contributed by atoms with E-state index >= 15 is 0 Å². The van der Waals surface area contributed by atoms with Crippen molar-refractivity contribution < 1.29 is 0 Å². The van der Waals surface area contributed by atoms with E-state index in [-0.39, 0.29) is 0 Å². The van der Waals surface area contributed by atoms with Gasteiger partial charge in [-0.15, -0.1) is 22.9 Å². The molecule has 0 amide bonds. The Labute approximate surface area is 135 Å². The van der Waals surface area contributed by atoms with Crippen LogP contribution in [0.3, 0.4) is 0 Å². The third kappa shape index (κ3) is 3.85. The van der Waals surface area contributed by atoms with E-state index in [4.69, 9.17) is 11.6 Å². The van der Waals surface area contributed by atoms with Gasteiger partial charge in [0.15, 0.2) is 0 Å². The van der Waals surface area contributed by atoms with Gasteiger partial charge in [0.2, 0.25) is 0 Å². The average Bonchev–Trinajstić information content (AvgIpc) is 3.24. The zero-order chi connectivity index (χ0) is 14.7. The van der Waals surface area contributed by atoms with Crippen molar-refractivity contribution in [1.82, 2.24) is 9.88 Å². The predicted molar refractivity (Wildman–Crippen MR) is 90.8 cm³/mol. The molecule has 21 heavy (non-hydrogen) atoms. The first-order valence-corrected chi connectivity index (χ1v) is 9.05. The lowest BCUT2D eigenvalue weighted by molar-refractivity contribution is 0.255. The molecule has 0 saturated heterocycles. The van der Waals surface area contributed by atoms with Gasteiger partial charge in [-0.05, 0) is 37.4 Å². The number of thiazole rings is 1. The number of rotatable bonds is 7. The highest BCUT2D eigenvalue weighted by molar-refractivity contribution is 7.13. The molecule has 1 aromatic heterocycles. The molecule has 0 atom stereocenters. The van der Waals surface area contributed by atoms with Crippen molar-refractivity contribution in [2.24, 2.45) is 0 Å².